The molecule has 1 aromatic carbocycles. The molecule has 4 rings (SSSR count). The van der Waals surface area contributed by atoms with Crippen molar-refractivity contribution in [1.29, 1.82) is 0 Å². The molecule has 0 unspecified atom stereocenters. The molecule has 1 aliphatic rings. The first-order chi connectivity index (χ1) is 12.6. The molecule has 0 bridgehead atoms. The fourth-order valence-electron chi connectivity index (χ4n) is 3.03. The van der Waals surface area contributed by atoms with Crippen molar-refractivity contribution in [3.63, 3.8) is 0 Å². The van der Waals surface area contributed by atoms with Crippen molar-refractivity contribution in [2.75, 3.05) is 5.73 Å². The van der Waals surface area contributed by atoms with Crippen LogP contribution in [0.3, 0.4) is 0 Å². The monoisotopic (exact) mass is 353 g/mol. The van der Waals surface area contributed by atoms with Gasteiger partial charge in [0.1, 0.15) is 11.6 Å². The zero-order valence-electron chi connectivity index (χ0n) is 13.8. The van der Waals surface area contributed by atoms with Gasteiger partial charge in [-0.15, -0.1) is 10.2 Å². The number of fused-ring (bicyclic) bond motifs is 1. The van der Waals surface area contributed by atoms with Crippen molar-refractivity contribution >= 4 is 11.7 Å². The number of halogens is 1. The number of carbonyl (C=O) groups excluding carboxylic acids is 1. The molecule has 0 radical (unpaired) electrons. The molecule has 9 heteroatoms. The van der Waals surface area contributed by atoms with Crippen molar-refractivity contribution in [3.05, 3.63) is 54.0 Å². The second kappa shape index (κ2) is 6.51. The molecular formula is C17H16FN7O. The van der Waals surface area contributed by atoms with E-state index in [1.165, 1.54) is 24.5 Å². The van der Waals surface area contributed by atoms with Crippen LogP contribution in [0.5, 0.6) is 0 Å². The van der Waals surface area contributed by atoms with Crippen LogP contribution in [-0.4, -0.2) is 36.7 Å². The smallest absolute Gasteiger partial charge is 0.273 e. The van der Waals surface area contributed by atoms with Crippen LogP contribution in [0.15, 0.2) is 36.7 Å². The minimum atomic E-state index is -0.361. The third kappa shape index (κ3) is 2.99. The van der Waals surface area contributed by atoms with Crippen LogP contribution in [0.2, 0.25) is 0 Å². The molecule has 1 aliphatic heterocycles. The van der Waals surface area contributed by atoms with Gasteiger partial charge in [-0.1, -0.05) is 0 Å². The van der Waals surface area contributed by atoms with E-state index in [0.717, 1.165) is 17.8 Å². The van der Waals surface area contributed by atoms with Crippen molar-refractivity contribution in [3.8, 4) is 11.4 Å². The van der Waals surface area contributed by atoms with Crippen LogP contribution in [0.25, 0.3) is 11.4 Å². The van der Waals surface area contributed by atoms with Crippen molar-refractivity contribution in [2.45, 2.75) is 25.4 Å². The molecule has 1 atom stereocenters. The molecule has 0 aliphatic carbocycles. The van der Waals surface area contributed by atoms with Gasteiger partial charge in [-0.25, -0.2) is 14.4 Å². The molecule has 2 aromatic heterocycles. The van der Waals surface area contributed by atoms with Gasteiger partial charge in [0, 0.05) is 37.0 Å². The number of nitrogens with two attached hydrogens (primary N) is 1. The van der Waals surface area contributed by atoms with E-state index in [1.807, 2.05) is 4.57 Å². The predicted molar refractivity (Wildman–Crippen MR) is 91.4 cm³/mol. The number of amides is 1. The third-order valence-corrected chi connectivity index (χ3v) is 4.33. The maximum Gasteiger partial charge on any atom is 0.273 e. The van der Waals surface area contributed by atoms with E-state index >= 15 is 0 Å². The Morgan fingerprint density at radius 3 is 2.73 bits per heavy atom. The van der Waals surface area contributed by atoms with Gasteiger partial charge in [0.05, 0.1) is 0 Å². The molecule has 132 valence electrons. The van der Waals surface area contributed by atoms with Gasteiger partial charge in [0.25, 0.3) is 5.91 Å². The highest BCUT2D eigenvalue weighted by atomic mass is 19.1. The second-order valence-electron chi connectivity index (χ2n) is 6.06. The Morgan fingerprint density at radius 2 is 1.96 bits per heavy atom. The lowest BCUT2D eigenvalue weighted by Gasteiger charge is -2.25. The molecule has 3 heterocycles. The van der Waals surface area contributed by atoms with Crippen LogP contribution in [0.1, 0.15) is 22.7 Å². The summed E-state index contributed by atoms with van der Waals surface area (Å²) in [6, 6.07) is 5.97. The van der Waals surface area contributed by atoms with Crippen molar-refractivity contribution < 1.29 is 9.18 Å². The number of rotatable bonds is 3. The standard InChI is InChI=1S/C17H16FN7O/c18-11-3-1-10(2-4-11)16-24-23-13-6-5-12(9-25(13)16)22-17(26)14-15(19)21-8-7-20-14/h1-4,7-8,12H,5-6,9H2,(H2,19,21)(H,22,26)/t12-/m1/s1. The number of aryl methyl sites for hydroxylation is 1. The number of hydrogen-bond acceptors (Lipinski definition) is 6. The van der Waals surface area contributed by atoms with Gasteiger partial charge < -0.3 is 15.6 Å². The van der Waals surface area contributed by atoms with E-state index in [2.05, 4.69) is 25.5 Å². The first kappa shape index (κ1) is 16.1. The van der Waals surface area contributed by atoms with E-state index < -0.39 is 0 Å². The Balaban J connectivity index is 1.54. The Bertz CT molecular complexity index is 954. The Morgan fingerprint density at radius 1 is 1.19 bits per heavy atom. The van der Waals surface area contributed by atoms with Gasteiger partial charge in [-0.3, -0.25) is 4.79 Å². The Labute approximate surface area is 148 Å². The lowest BCUT2D eigenvalue weighted by atomic mass is 10.1. The minimum absolute atomic E-state index is 0.0952. The fourth-order valence-corrected chi connectivity index (χ4v) is 3.03. The quantitative estimate of drug-likeness (QED) is 0.732. The largest absolute Gasteiger partial charge is 0.382 e. The number of carbonyl (C=O) groups is 1. The molecule has 1 amide bonds. The van der Waals surface area contributed by atoms with Gasteiger partial charge in [-0.2, -0.15) is 0 Å². The number of aromatic nitrogens is 5. The second-order valence-corrected chi connectivity index (χ2v) is 6.06. The number of hydrogen-bond donors (Lipinski definition) is 2. The summed E-state index contributed by atoms with van der Waals surface area (Å²) in [6.45, 7) is 0.515. The highest BCUT2D eigenvalue weighted by Crippen LogP contribution is 2.23. The average molecular weight is 353 g/mol. The SMILES string of the molecule is Nc1nccnc1C(=O)N[C@@H]1CCc2nnc(-c3ccc(F)cc3)n2C1. The third-order valence-electron chi connectivity index (χ3n) is 4.33. The summed E-state index contributed by atoms with van der Waals surface area (Å²) in [5, 5.41) is 11.4. The van der Waals surface area contributed by atoms with E-state index in [-0.39, 0.29) is 29.3 Å². The van der Waals surface area contributed by atoms with Crippen molar-refractivity contribution in [1.82, 2.24) is 30.0 Å². The molecule has 8 nitrogen and oxygen atoms in total. The van der Waals surface area contributed by atoms with Gasteiger partial charge in [0.2, 0.25) is 0 Å². The first-order valence-corrected chi connectivity index (χ1v) is 8.17. The summed E-state index contributed by atoms with van der Waals surface area (Å²) in [4.78, 5) is 20.3. The van der Waals surface area contributed by atoms with E-state index in [0.29, 0.717) is 18.8 Å². The van der Waals surface area contributed by atoms with Crippen LogP contribution < -0.4 is 11.1 Å². The molecule has 3 aromatic rings. The van der Waals surface area contributed by atoms with E-state index in [1.54, 1.807) is 12.1 Å². The number of nitrogens with one attached hydrogen (secondary N) is 1. The van der Waals surface area contributed by atoms with Gasteiger partial charge in [0.15, 0.2) is 17.3 Å². The van der Waals surface area contributed by atoms with Gasteiger partial charge in [-0.05, 0) is 30.7 Å². The molecular weight excluding hydrogens is 337 g/mol. The summed E-state index contributed by atoms with van der Waals surface area (Å²) in [5.41, 5.74) is 6.59. The normalized spacial score (nSPS) is 16.1. The molecule has 3 N–H and O–H groups in total. The summed E-state index contributed by atoms with van der Waals surface area (Å²) >= 11 is 0. The van der Waals surface area contributed by atoms with E-state index in [9.17, 15) is 9.18 Å². The maximum absolute atomic E-state index is 13.2. The van der Waals surface area contributed by atoms with Crippen LogP contribution in [0.4, 0.5) is 10.2 Å². The summed E-state index contributed by atoms with van der Waals surface area (Å²) < 4.78 is 15.1. The van der Waals surface area contributed by atoms with Crippen LogP contribution >= 0.6 is 0 Å². The number of nitrogen functional groups attached to an aromatic ring is 1. The molecule has 0 saturated heterocycles. The Hall–Kier alpha value is -3.36. The molecule has 0 fully saturated rings. The number of benzene rings is 1. The maximum atomic E-state index is 13.2. The zero-order chi connectivity index (χ0) is 18.1. The molecule has 0 spiro atoms. The summed E-state index contributed by atoms with van der Waals surface area (Å²) in [5.74, 6) is 0.920. The zero-order valence-corrected chi connectivity index (χ0v) is 13.8. The lowest BCUT2D eigenvalue weighted by Crippen LogP contribution is -2.41. The fraction of sp³-hybridized carbons (Fsp3) is 0.235. The lowest BCUT2D eigenvalue weighted by molar-refractivity contribution is 0.0923. The highest BCUT2D eigenvalue weighted by molar-refractivity contribution is 5.96. The van der Waals surface area contributed by atoms with E-state index in [4.69, 9.17) is 5.73 Å². The van der Waals surface area contributed by atoms with Crippen molar-refractivity contribution in [2.24, 2.45) is 0 Å². The summed E-state index contributed by atoms with van der Waals surface area (Å²) in [7, 11) is 0. The summed E-state index contributed by atoms with van der Waals surface area (Å²) in [6.07, 6.45) is 4.27. The minimum Gasteiger partial charge on any atom is -0.382 e. The van der Waals surface area contributed by atoms with Gasteiger partial charge >= 0.3 is 0 Å². The topological polar surface area (TPSA) is 112 Å². The molecule has 26 heavy (non-hydrogen) atoms. The Kier molecular flexibility index (Phi) is 4.04. The first-order valence-electron chi connectivity index (χ1n) is 8.17. The van der Waals surface area contributed by atoms with Crippen LogP contribution in [0, 0.1) is 5.82 Å². The number of nitrogens with zero attached hydrogens (tertiary/aromatic N) is 5. The average Bonchev–Trinajstić information content (AvgIpc) is 3.06. The highest BCUT2D eigenvalue weighted by Gasteiger charge is 2.26. The molecule has 0 saturated carbocycles. The van der Waals surface area contributed by atoms with Crippen LogP contribution in [-0.2, 0) is 13.0 Å². The predicted octanol–water partition coefficient (Wildman–Crippen LogP) is 1.20. The number of anilines is 1.